The number of ether oxygens (including phenoxy) is 1. The molecule has 2 aromatic carbocycles. The zero-order valence-corrected chi connectivity index (χ0v) is 17.6. The number of carboxylic acid groups (broad SMARTS) is 2. The summed E-state index contributed by atoms with van der Waals surface area (Å²) in [5, 5.41) is 20.0. The molecule has 1 amide bonds. The standard InChI is InChI=1S/C22H22N2O5S/c1-13-6-4-5-7-17(13)19-18(20(25)26)14(2)23-21(24(19)22(27)28)30-12-15-8-10-16(29-3)11-9-15/h4-11,19H,12H2,1-3H3,(H,25,26)(H,27,28). The van der Waals surface area contributed by atoms with Gasteiger partial charge in [-0.05, 0) is 42.7 Å². The Morgan fingerprint density at radius 3 is 2.33 bits per heavy atom. The van der Waals surface area contributed by atoms with Crippen LogP contribution in [-0.2, 0) is 10.5 Å². The van der Waals surface area contributed by atoms with Gasteiger partial charge in [0.2, 0.25) is 0 Å². The summed E-state index contributed by atoms with van der Waals surface area (Å²) in [4.78, 5) is 29.6. The predicted octanol–water partition coefficient (Wildman–Crippen LogP) is 4.69. The molecule has 3 rings (SSSR count). The van der Waals surface area contributed by atoms with Crippen LogP contribution in [0.25, 0.3) is 0 Å². The van der Waals surface area contributed by atoms with E-state index in [9.17, 15) is 19.8 Å². The topological polar surface area (TPSA) is 99.4 Å². The first-order valence-electron chi connectivity index (χ1n) is 9.19. The Bertz CT molecular complexity index is 1030. The number of nitrogens with zero attached hydrogens (tertiary/aromatic N) is 2. The highest BCUT2D eigenvalue weighted by Crippen LogP contribution is 2.39. The third-order valence-corrected chi connectivity index (χ3v) is 5.86. The summed E-state index contributed by atoms with van der Waals surface area (Å²) in [5.41, 5.74) is 2.65. The lowest BCUT2D eigenvalue weighted by Gasteiger charge is -2.35. The highest BCUT2D eigenvalue weighted by Gasteiger charge is 2.40. The van der Waals surface area contributed by atoms with Crippen LogP contribution in [0.4, 0.5) is 4.79 Å². The van der Waals surface area contributed by atoms with E-state index in [1.807, 2.05) is 43.3 Å². The average Bonchev–Trinajstić information content (AvgIpc) is 2.71. The Balaban J connectivity index is 2.01. The number of amidine groups is 1. The Kier molecular flexibility index (Phi) is 6.47. The molecule has 8 heteroatoms. The second kappa shape index (κ2) is 9.04. The SMILES string of the molecule is COc1ccc(CSC2=NC(C)=C(C(=O)O)C(c3ccccc3C)N2C(=O)O)cc1. The first kappa shape index (κ1) is 21.4. The number of aryl methyl sites for hydroxylation is 1. The van der Waals surface area contributed by atoms with Gasteiger partial charge in [-0.15, -0.1) is 0 Å². The van der Waals surface area contributed by atoms with Crippen molar-refractivity contribution in [2.75, 3.05) is 7.11 Å². The predicted molar refractivity (Wildman–Crippen MR) is 116 cm³/mol. The van der Waals surface area contributed by atoms with Gasteiger partial charge >= 0.3 is 12.1 Å². The number of hydrogen-bond donors (Lipinski definition) is 2. The number of carbonyl (C=O) groups is 2. The number of aliphatic imine (C=N–C) groups is 1. The molecule has 1 heterocycles. The molecule has 0 aromatic heterocycles. The highest BCUT2D eigenvalue weighted by molar-refractivity contribution is 8.13. The number of carboxylic acids is 1. The third kappa shape index (κ3) is 4.33. The van der Waals surface area contributed by atoms with Crippen LogP contribution in [0.2, 0.25) is 0 Å². The Morgan fingerprint density at radius 1 is 1.10 bits per heavy atom. The lowest BCUT2D eigenvalue weighted by atomic mass is 9.92. The molecule has 0 fully saturated rings. The van der Waals surface area contributed by atoms with Crippen LogP contribution in [0.1, 0.15) is 29.7 Å². The smallest absolute Gasteiger partial charge is 0.414 e. The van der Waals surface area contributed by atoms with Gasteiger partial charge in [0.05, 0.1) is 18.4 Å². The van der Waals surface area contributed by atoms with Crippen molar-refractivity contribution in [3.8, 4) is 5.75 Å². The van der Waals surface area contributed by atoms with Gasteiger partial charge < -0.3 is 14.9 Å². The van der Waals surface area contributed by atoms with E-state index >= 15 is 0 Å². The largest absolute Gasteiger partial charge is 0.497 e. The van der Waals surface area contributed by atoms with E-state index in [1.165, 1.54) is 11.8 Å². The van der Waals surface area contributed by atoms with Crippen LogP contribution in [0.3, 0.4) is 0 Å². The lowest BCUT2D eigenvalue weighted by molar-refractivity contribution is -0.133. The maximum Gasteiger partial charge on any atom is 0.414 e. The molecular formula is C22H22N2O5S. The average molecular weight is 426 g/mol. The van der Waals surface area contributed by atoms with Gasteiger partial charge in [0, 0.05) is 5.75 Å². The summed E-state index contributed by atoms with van der Waals surface area (Å²) in [6.45, 7) is 3.43. The number of allylic oxidation sites excluding steroid dienone is 1. The van der Waals surface area contributed by atoms with Crippen molar-refractivity contribution < 1.29 is 24.5 Å². The first-order valence-corrected chi connectivity index (χ1v) is 10.2. The summed E-state index contributed by atoms with van der Waals surface area (Å²) in [6.07, 6.45) is -1.25. The zero-order chi connectivity index (χ0) is 21.8. The van der Waals surface area contributed by atoms with Crippen molar-refractivity contribution >= 4 is 29.0 Å². The maximum atomic E-state index is 12.2. The molecule has 0 radical (unpaired) electrons. The zero-order valence-electron chi connectivity index (χ0n) is 16.8. The number of rotatable bonds is 5. The van der Waals surface area contributed by atoms with E-state index in [0.717, 1.165) is 21.8 Å². The Morgan fingerprint density at radius 2 is 1.77 bits per heavy atom. The van der Waals surface area contributed by atoms with Gasteiger partial charge in [0.25, 0.3) is 0 Å². The van der Waals surface area contributed by atoms with E-state index in [0.29, 0.717) is 17.0 Å². The van der Waals surface area contributed by atoms with Crippen molar-refractivity contribution in [2.45, 2.75) is 25.6 Å². The van der Waals surface area contributed by atoms with Crippen molar-refractivity contribution in [2.24, 2.45) is 4.99 Å². The van der Waals surface area contributed by atoms with Crippen molar-refractivity contribution in [1.29, 1.82) is 0 Å². The van der Waals surface area contributed by atoms with Crippen LogP contribution in [0, 0.1) is 6.92 Å². The van der Waals surface area contributed by atoms with Gasteiger partial charge in [-0.2, -0.15) is 0 Å². The van der Waals surface area contributed by atoms with Crippen LogP contribution < -0.4 is 4.74 Å². The molecular weight excluding hydrogens is 404 g/mol. The summed E-state index contributed by atoms with van der Waals surface area (Å²) >= 11 is 1.25. The lowest BCUT2D eigenvalue weighted by Crippen LogP contribution is -2.42. The Labute approximate surface area is 178 Å². The maximum absolute atomic E-state index is 12.2. The third-order valence-electron chi connectivity index (χ3n) is 4.84. The minimum atomic E-state index is -1.25. The molecule has 30 heavy (non-hydrogen) atoms. The molecule has 1 unspecified atom stereocenters. The quantitative estimate of drug-likeness (QED) is 0.720. The molecule has 0 saturated carbocycles. The second-order valence-corrected chi connectivity index (χ2v) is 7.69. The van der Waals surface area contributed by atoms with Crippen LogP contribution in [0.5, 0.6) is 5.75 Å². The highest BCUT2D eigenvalue weighted by atomic mass is 32.2. The minimum Gasteiger partial charge on any atom is -0.497 e. The molecule has 156 valence electrons. The summed E-state index contributed by atoms with van der Waals surface area (Å²) < 4.78 is 5.16. The molecule has 2 N–H and O–H groups in total. The number of hydrogen-bond acceptors (Lipinski definition) is 5. The molecule has 1 atom stereocenters. The molecule has 7 nitrogen and oxygen atoms in total. The number of benzene rings is 2. The molecule has 0 spiro atoms. The van der Waals surface area contributed by atoms with Gasteiger partial charge in [-0.3, -0.25) is 0 Å². The number of methoxy groups -OCH3 is 1. The fraction of sp³-hybridized carbons (Fsp3) is 0.227. The monoisotopic (exact) mass is 426 g/mol. The van der Waals surface area contributed by atoms with Gasteiger partial charge in [-0.25, -0.2) is 19.5 Å². The van der Waals surface area contributed by atoms with E-state index < -0.39 is 18.1 Å². The fourth-order valence-electron chi connectivity index (χ4n) is 3.32. The number of aliphatic carboxylic acids is 1. The molecule has 1 aliphatic rings. The molecule has 0 aliphatic carbocycles. The fourth-order valence-corrected chi connectivity index (χ4v) is 4.33. The van der Waals surface area contributed by atoms with Crippen LogP contribution in [0.15, 0.2) is 64.8 Å². The van der Waals surface area contributed by atoms with Gasteiger partial charge in [-0.1, -0.05) is 48.2 Å². The van der Waals surface area contributed by atoms with E-state index in [1.54, 1.807) is 26.2 Å². The second-order valence-electron chi connectivity index (χ2n) is 6.75. The van der Waals surface area contributed by atoms with E-state index in [2.05, 4.69) is 4.99 Å². The van der Waals surface area contributed by atoms with Crippen molar-refractivity contribution in [3.63, 3.8) is 0 Å². The molecule has 0 saturated heterocycles. The summed E-state index contributed by atoms with van der Waals surface area (Å²) in [5.74, 6) is 0.0216. The normalized spacial score (nSPS) is 16.3. The molecule has 1 aliphatic heterocycles. The van der Waals surface area contributed by atoms with Crippen LogP contribution >= 0.6 is 11.8 Å². The summed E-state index contributed by atoms with van der Waals surface area (Å²) in [6, 6.07) is 13.7. The van der Waals surface area contributed by atoms with Gasteiger partial charge in [0.1, 0.15) is 11.8 Å². The molecule has 0 bridgehead atoms. The number of amides is 1. The minimum absolute atomic E-state index is 0.0412. The van der Waals surface area contributed by atoms with E-state index in [4.69, 9.17) is 4.74 Å². The summed E-state index contributed by atoms with van der Waals surface area (Å²) in [7, 11) is 1.59. The van der Waals surface area contributed by atoms with Crippen LogP contribution in [-0.4, -0.2) is 39.5 Å². The van der Waals surface area contributed by atoms with Crippen molar-refractivity contribution in [1.82, 2.24) is 4.90 Å². The first-order chi connectivity index (χ1) is 14.3. The number of thioether (sulfide) groups is 1. The van der Waals surface area contributed by atoms with E-state index in [-0.39, 0.29) is 10.7 Å². The van der Waals surface area contributed by atoms with Crippen molar-refractivity contribution in [3.05, 3.63) is 76.5 Å². The van der Waals surface area contributed by atoms with Gasteiger partial charge in [0.15, 0.2) is 5.17 Å². The molecule has 2 aromatic rings. The Hall–Kier alpha value is -3.26.